The van der Waals surface area contributed by atoms with Gasteiger partial charge in [0, 0.05) is 26.2 Å². The zero-order valence-corrected chi connectivity index (χ0v) is 12.9. The van der Waals surface area contributed by atoms with Gasteiger partial charge in [-0.25, -0.2) is 0 Å². The summed E-state index contributed by atoms with van der Waals surface area (Å²) in [6.07, 6.45) is 1.49. The molecule has 1 aliphatic heterocycles. The van der Waals surface area contributed by atoms with Crippen LogP contribution in [0.4, 0.5) is 0 Å². The van der Waals surface area contributed by atoms with Crippen LogP contribution in [0.25, 0.3) is 0 Å². The molecular weight excluding hydrogens is 266 g/mol. The molecule has 0 unspecified atom stereocenters. The van der Waals surface area contributed by atoms with Crippen LogP contribution in [0.15, 0.2) is 29.3 Å². The third-order valence-corrected chi connectivity index (χ3v) is 3.62. The zero-order valence-electron chi connectivity index (χ0n) is 12.9. The van der Waals surface area contributed by atoms with Crippen LogP contribution in [-0.2, 0) is 6.42 Å². The van der Waals surface area contributed by atoms with Crippen LogP contribution in [0.3, 0.4) is 0 Å². The van der Waals surface area contributed by atoms with Gasteiger partial charge < -0.3 is 20.1 Å². The number of ether oxygens (including phenoxy) is 1. The van der Waals surface area contributed by atoms with Gasteiger partial charge in [0.05, 0.1) is 13.2 Å². The number of hydrogen-bond acceptors (Lipinski definition) is 3. The minimum atomic E-state index is -0.226. The lowest BCUT2D eigenvalue weighted by atomic mass is 10.1. The Kier molecular flexibility index (Phi) is 5.87. The number of guanidine groups is 1. The van der Waals surface area contributed by atoms with E-state index in [4.69, 9.17) is 4.74 Å². The summed E-state index contributed by atoms with van der Waals surface area (Å²) in [7, 11) is 1.67. The summed E-state index contributed by atoms with van der Waals surface area (Å²) < 4.78 is 5.15. The Bertz CT molecular complexity index is 459. The normalized spacial score (nSPS) is 18.9. The maximum Gasteiger partial charge on any atom is 0.194 e. The van der Waals surface area contributed by atoms with E-state index in [1.54, 1.807) is 7.11 Å². The second kappa shape index (κ2) is 7.88. The minimum Gasteiger partial charge on any atom is -0.497 e. The quantitative estimate of drug-likeness (QED) is 0.634. The minimum absolute atomic E-state index is 0.226. The standard InChI is InChI=1S/C16H25N3O2/c1-3-17-16(19-11-9-14(20)12-19)18-10-8-13-4-6-15(21-2)7-5-13/h4-7,14,20H,3,8-12H2,1-2H3,(H,17,18)/t14-/m1/s1. The van der Waals surface area contributed by atoms with Gasteiger partial charge in [0.2, 0.25) is 0 Å². The molecule has 1 heterocycles. The Labute approximate surface area is 126 Å². The van der Waals surface area contributed by atoms with Crippen LogP contribution in [-0.4, -0.2) is 55.4 Å². The molecule has 1 aromatic rings. The molecule has 0 amide bonds. The third-order valence-electron chi connectivity index (χ3n) is 3.62. The van der Waals surface area contributed by atoms with Crippen molar-refractivity contribution in [3.8, 4) is 5.75 Å². The average Bonchev–Trinajstić information content (AvgIpc) is 2.93. The van der Waals surface area contributed by atoms with E-state index in [2.05, 4.69) is 34.3 Å². The van der Waals surface area contributed by atoms with Crippen molar-refractivity contribution in [2.45, 2.75) is 25.9 Å². The molecule has 5 nitrogen and oxygen atoms in total. The number of benzene rings is 1. The lowest BCUT2D eigenvalue weighted by Gasteiger charge is -2.20. The summed E-state index contributed by atoms with van der Waals surface area (Å²) in [4.78, 5) is 6.78. The Morgan fingerprint density at radius 2 is 2.19 bits per heavy atom. The molecule has 1 saturated heterocycles. The van der Waals surface area contributed by atoms with Crippen molar-refractivity contribution in [1.29, 1.82) is 0 Å². The molecule has 0 aromatic heterocycles. The second-order valence-electron chi connectivity index (χ2n) is 5.22. The Balaban J connectivity index is 1.89. The predicted octanol–water partition coefficient (Wildman–Crippen LogP) is 1.27. The fourth-order valence-electron chi connectivity index (χ4n) is 2.44. The van der Waals surface area contributed by atoms with Crippen molar-refractivity contribution < 1.29 is 9.84 Å². The number of β-amino-alcohol motifs (C(OH)–C–C–N with tert-alkyl or cyclic N) is 1. The molecule has 0 spiro atoms. The number of aliphatic hydroxyl groups is 1. The highest BCUT2D eigenvalue weighted by atomic mass is 16.5. The predicted molar refractivity (Wildman–Crippen MR) is 84.9 cm³/mol. The number of likely N-dealkylation sites (tertiary alicyclic amines) is 1. The molecule has 0 bridgehead atoms. The number of methoxy groups -OCH3 is 1. The summed E-state index contributed by atoms with van der Waals surface area (Å²) in [5.41, 5.74) is 1.25. The monoisotopic (exact) mass is 291 g/mol. The van der Waals surface area contributed by atoms with E-state index in [0.29, 0.717) is 6.54 Å². The van der Waals surface area contributed by atoms with Gasteiger partial charge in [-0.2, -0.15) is 0 Å². The molecular formula is C16H25N3O2. The first-order chi connectivity index (χ1) is 10.2. The van der Waals surface area contributed by atoms with Gasteiger partial charge in [0.25, 0.3) is 0 Å². The molecule has 116 valence electrons. The Morgan fingerprint density at radius 1 is 1.43 bits per heavy atom. The van der Waals surface area contributed by atoms with Crippen LogP contribution in [0.2, 0.25) is 0 Å². The summed E-state index contributed by atoms with van der Waals surface area (Å²) in [5, 5.41) is 12.9. The topological polar surface area (TPSA) is 57.1 Å². The van der Waals surface area contributed by atoms with E-state index in [0.717, 1.165) is 44.2 Å². The molecule has 1 aliphatic rings. The maximum absolute atomic E-state index is 9.63. The van der Waals surface area contributed by atoms with E-state index in [1.165, 1.54) is 5.56 Å². The van der Waals surface area contributed by atoms with Gasteiger partial charge >= 0.3 is 0 Å². The molecule has 1 aromatic carbocycles. The van der Waals surface area contributed by atoms with Crippen LogP contribution in [0.1, 0.15) is 18.9 Å². The van der Waals surface area contributed by atoms with E-state index in [9.17, 15) is 5.11 Å². The van der Waals surface area contributed by atoms with Crippen LogP contribution < -0.4 is 10.1 Å². The largest absolute Gasteiger partial charge is 0.497 e. The van der Waals surface area contributed by atoms with Crippen LogP contribution >= 0.6 is 0 Å². The van der Waals surface area contributed by atoms with Crippen molar-refractivity contribution in [3.05, 3.63) is 29.8 Å². The Morgan fingerprint density at radius 3 is 2.76 bits per heavy atom. The highest BCUT2D eigenvalue weighted by molar-refractivity contribution is 5.80. The van der Waals surface area contributed by atoms with Crippen molar-refractivity contribution in [3.63, 3.8) is 0 Å². The molecule has 2 N–H and O–H groups in total. The van der Waals surface area contributed by atoms with E-state index < -0.39 is 0 Å². The zero-order chi connectivity index (χ0) is 15.1. The lowest BCUT2D eigenvalue weighted by molar-refractivity contribution is 0.188. The Hall–Kier alpha value is -1.75. The second-order valence-corrected chi connectivity index (χ2v) is 5.22. The van der Waals surface area contributed by atoms with Gasteiger partial charge in [-0.3, -0.25) is 4.99 Å². The van der Waals surface area contributed by atoms with Gasteiger partial charge in [-0.1, -0.05) is 12.1 Å². The molecule has 0 radical (unpaired) electrons. The van der Waals surface area contributed by atoms with E-state index in [1.807, 2.05) is 12.1 Å². The molecule has 0 aliphatic carbocycles. The number of hydrogen-bond donors (Lipinski definition) is 2. The first kappa shape index (κ1) is 15.6. The van der Waals surface area contributed by atoms with Gasteiger partial charge in [-0.05, 0) is 37.5 Å². The number of aliphatic hydroxyl groups excluding tert-OH is 1. The molecule has 1 fully saturated rings. The average molecular weight is 291 g/mol. The van der Waals surface area contributed by atoms with Crippen LogP contribution in [0, 0.1) is 0 Å². The van der Waals surface area contributed by atoms with Gasteiger partial charge in [-0.15, -0.1) is 0 Å². The SMILES string of the molecule is CCNC(=NCCc1ccc(OC)cc1)N1CC[C@@H](O)C1. The van der Waals surface area contributed by atoms with Crippen LogP contribution in [0.5, 0.6) is 5.75 Å². The number of rotatable bonds is 5. The first-order valence-electron chi connectivity index (χ1n) is 7.57. The molecule has 5 heteroatoms. The smallest absolute Gasteiger partial charge is 0.194 e. The molecule has 0 saturated carbocycles. The highest BCUT2D eigenvalue weighted by Crippen LogP contribution is 2.12. The van der Waals surface area contributed by atoms with E-state index >= 15 is 0 Å². The molecule has 1 atom stereocenters. The number of aliphatic imine (C=N–C) groups is 1. The first-order valence-corrected chi connectivity index (χ1v) is 7.57. The lowest BCUT2D eigenvalue weighted by Crippen LogP contribution is -2.40. The van der Waals surface area contributed by atoms with Crippen molar-refractivity contribution >= 4 is 5.96 Å². The number of nitrogens with one attached hydrogen (secondary N) is 1. The van der Waals surface area contributed by atoms with Crippen molar-refractivity contribution in [2.24, 2.45) is 4.99 Å². The molecule has 2 rings (SSSR count). The van der Waals surface area contributed by atoms with Gasteiger partial charge in [0.15, 0.2) is 5.96 Å². The summed E-state index contributed by atoms with van der Waals surface area (Å²) in [6.45, 7) is 5.19. The summed E-state index contributed by atoms with van der Waals surface area (Å²) >= 11 is 0. The number of nitrogens with zero attached hydrogens (tertiary/aromatic N) is 2. The fraction of sp³-hybridized carbons (Fsp3) is 0.562. The maximum atomic E-state index is 9.63. The fourth-order valence-corrected chi connectivity index (χ4v) is 2.44. The van der Waals surface area contributed by atoms with Crippen molar-refractivity contribution in [2.75, 3.05) is 33.3 Å². The van der Waals surface area contributed by atoms with Gasteiger partial charge in [0.1, 0.15) is 5.75 Å². The third kappa shape index (κ3) is 4.63. The molecule has 21 heavy (non-hydrogen) atoms. The highest BCUT2D eigenvalue weighted by Gasteiger charge is 2.22. The summed E-state index contributed by atoms with van der Waals surface area (Å²) in [6, 6.07) is 8.09. The van der Waals surface area contributed by atoms with E-state index in [-0.39, 0.29) is 6.10 Å². The van der Waals surface area contributed by atoms with Crippen molar-refractivity contribution in [1.82, 2.24) is 10.2 Å². The summed E-state index contributed by atoms with van der Waals surface area (Å²) in [5.74, 6) is 1.78.